The molecule has 1 aromatic heterocycles. The second-order valence-electron chi connectivity index (χ2n) is 5.34. The fourth-order valence-corrected chi connectivity index (χ4v) is 2.45. The first-order valence-electron chi connectivity index (χ1n) is 7.62. The number of non-ortho nitro benzene ring substituents is 1. The lowest BCUT2D eigenvalue weighted by molar-refractivity contribution is -0.384. The van der Waals surface area contributed by atoms with Crippen molar-refractivity contribution in [1.82, 2.24) is 20.2 Å². The molecule has 0 unspecified atom stereocenters. The van der Waals surface area contributed by atoms with Crippen LogP contribution in [0, 0.1) is 10.1 Å². The smallest absolute Gasteiger partial charge is 0.271 e. The first-order chi connectivity index (χ1) is 13.0. The van der Waals surface area contributed by atoms with Crippen molar-refractivity contribution in [3.05, 3.63) is 57.6 Å². The van der Waals surface area contributed by atoms with Gasteiger partial charge in [0.25, 0.3) is 5.69 Å². The molecule has 0 radical (unpaired) electrons. The molecule has 0 aliphatic carbocycles. The van der Waals surface area contributed by atoms with Crippen LogP contribution in [0.4, 0.5) is 11.4 Å². The summed E-state index contributed by atoms with van der Waals surface area (Å²) in [6.45, 7) is -0.204. The molecule has 27 heavy (non-hydrogen) atoms. The Kier molecular flexibility index (Phi) is 5.27. The molecule has 0 saturated heterocycles. The fraction of sp³-hybridized carbons (Fsp3) is 0.125. The van der Waals surface area contributed by atoms with Gasteiger partial charge in [-0.05, 0) is 23.4 Å². The van der Waals surface area contributed by atoms with Gasteiger partial charge in [0, 0.05) is 17.7 Å². The van der Waals surface area contributed by atoms with Crippen molar-refractivity contribution in [2.45, 2.75) is 6.54 Å². The second kappa shape index (κ2) is 7.79. The average Bonchev–Trinajstić information content (AvgIpc) is 3.11. The molecule has 0 spiro atoms. The minimum absolute atomic E-state index is 0.0566. The number of hydrogen-bond donors (Lipinski definition) is 1. The van der Waals surface area contributed by atoms with Gasteiger partial charge in [-0.15, -0.1) is 10.2 Å². The van der Waals surface area contributed by atoms with Crippen LogP contribution < -0.4 is 10.1 Å². The molecule has 0 aliphatic heterocycles. The number of halogens is 1. The molecule has 0 aliphatic rings. The van der Waals surface area contributed by atoms with Crippen LogP contribution in [0.2, 0.25) is 5.02 Å². The molecule has 2 aromatic carbocycles. The van der Waals surface area contributed by atoms with Crippen LogP contribution in [-0.4, -0.2) is 38.1 Å². The summed E-state index contributed by atoms with van der Waals surface area (Å²) in [6, 6.07) is 10.9. The van der Waals surface area contributed by atoms with Crippen LogP contribution in [0.5, 0.6) is 5.75 Å². The van der Waals surface area contributed by atoms with Crippen LogP contribution in [0.3, 0.4) is 0 Å². The summed E-state index contributed by atoms with van der Waals surface area (Å²) in [6.07, 6.45) is 0. The number of nitro benzene ring substituents is 1. The summed E-state index contributed by atoms with van der Waals surface area (Å²) >= 11 is 5.95. The number of methoxy groups -OCH3 is 1. The number of ether oxygens (including phenoxy) is 1. The Hall–Kier alpha value is -3.53. The lowest BCUT2D eigenvalue weighted by atomic mass is 10.2. The highest BCUT2D eigenvalue weighted by Crippen LogP contribution is 2.26. The molecule has 0 atom stereocenters. The molecule has 1 heterocycles. The molecule has 0 saturated carbocycles. The van der Waals surface area contributed by atoms with Gasteiger partial charge in [-0.3, -0.25) is 14.9 Å². The lowest BCUT2D eigenvalue weighted by Crippen LogP contribution is -2.20. The second-order valence-corrected chi connectivity index (χ2v) is 5.75. The SMILES string of the molecule is COc1cccc(-c2nnn(CC(=O)Nc3ccc([N+](=O)[O-])cc3Cl)n2)c1. The topological polar surface area (TPSA) is 125 Å². The zero-order valence-electron chi connectivity index (χ0n) is 14.0. The molecule has 1 N–H and O–H groups in total. The number of benzene rings is 2. The van der Waals surface area contributed by atoms with E-state index in [1.165, 1.54) is 12.1 Å². The highest BCUT2D eigenvalue weighted by molar-refractivity contribution is 6.33. The number of aromatic nitrogens is 4. The monoisotopic (exact) mass is 388 g/mol. The Morgan fingerprint density at radius 3 is 2.85 bits per heavy atom. The van der Waals surface area contributed by atoms with E-state index in [2.05, 4.69) is 20.7 Å². The summed E-state index contributed by atoms with van der Waals surface area (Å²) in [4.78, 5) is 23.4. The molecule has 3 rings (SSSR count). The Morgan fingerprint density at radius 1 is 1.33 bits per heavy atom. The maximum atomic E-state index is 12.1. The van der Waals surface area contributed by atoms with E-state index in [1.807, 2.05) is 0 Å². The zero-order valence-corrected chi connectivity index (χ0v) is 14.8. The summed E-state index contributed by atoms with van der Waals surface area (Å²) in [5.41, 5.74) is 0.777. The Labute approximate surface area is 157 Å². The molecule has 138 valence electrons. The van der Waals surface area contributed by atoms with Gasteiger partial charge in [0.2, 0.25) is 11.7 Å². The van der Waals surface area contributed by atoms with E-state index in [-0.39, 0.29) is 22.9 Å². The van der Waals surface area contributed by atoms with Gasteiger partial charge in [0.05, 0.1) is 22.7 Å². The third-order valence-corrected chi connectivity index (χ3v) is 3.82. The van der Waals surface area contributed by atoms with Crippen molar-refractivity contribution in [3.8, 4) is 17.1 Å². The Bertz CT molecular complexity index is 1010. The third-order valence-electron chi connectivity index (χ3n) is 3.50. The highest BCUT2D eigenvalue weighted by Gasteiger charge is 2.14. The normalized spacial score (nSPS) is 10.4. The van der Waals surface area contributed by atoms with E-state index in [0.29, 0.717) is 17.1 Å². The molecular formula is C16H13ClN6O4. The number of hydrogen-bond acceptors (Lipinski definition) is 7. The van der Waals surface area contributed by atoms with Crippen LogP contribution in [0.1, 0.15) is 0 Å². The van der Waals surface area contributed by atoms with E-state index in [9.17, 15) is 14.9 Å². The summed E-state index contributed by atoms with van der Waals surface area (Å²) < 4.78 is 5.15. The van der Waals surface area contributed by atoms with Crippen molar-refractivity contribution >= 4 is 28.9 Å². The first kappa shape index (κ1) is 18.3. The van der Waals surface area contributed by atoms with Gasteiger partial charge in [-0.2, -0.15) is 4.80 Å². The van der Waals surface area contributed by atoms with Crippen LogP contribution in [0.25, 0.3) is 11.4 Å². The van der Waals surface area contributed by atoms with Gasteiger partial charge >= 0.3 is 0 Å². The maximum absolute atomic E-state index is 12.1. The Morgan fingerprint density at radius 2 is 2.15 bits per heavy atom. The highest BCUT2D eigenvalue weighted by atomic mass is 35.5. The number of anilines is 1. The van der Waals surface area contributed by atoms with E-state index in [0.717, 1.165) is 10.9 Å². The fourth-order valence-electron chi connectivity index (χ4n) is 2.23. The van der Waals surface area contributed by atoms with Crippen molar-refractivity contribution < 1.29 is 14.5 Å². The summed E-state index contributed by atoms with van der Waals surface area (Å²) in [5.74, 6) is 0.532. The van der Waals surface area contributed by atoms with Crippen molar-refractivity contribution in [2.24, 2.45) is 0 Å². The van der Waals surface area contributed by atoms with Gasteiger partial charge in [0.15, 0.2) is 0 Å². The van der Waals surface area contributed by atoms with E-state index >= 15 is 0 Å². The summed E-state index contributed by atoms with van der Waals surface area (Å²) in [5, 5.41) is 25.2. The van der Waals surface area contributed by atoms with Crippen LogP contribution in [-0.2, 0) is 11.3 Å². The van der Waals surface area contributed by atoms with Crippen LogP contribution >= 0.6 is 11.6 Å². The maximum Gasteiger partial charge on any atom is 0.271 e. The molecular weight excluding hydrogens is 376 g/mol. The quantitative estimate of drug-likeness (QED) is 0.508. The van der Waals surface area contributed by atoms with E-state index in [1.54, 1.807) is 31.4 Å². The van der Waals surface area contributed by atoms with Crippen molar-refractivity contribution in [2.75, 3.05) is 12.4 Å². The predicted molar refractivity (Wildman–Crippen MR) is 96.5 cm³/mol. The minimum atomic E-state index is -0.573. The van der Waals surface area contributed by atoms with Crippen LogP contribution in [0.15, 0.2) is 42.5 Å². The van der Waals surface area contributed by atoms with Gasteiger partial charge in [-0.1, -0.05) is 23.7 Å². The Balaban J connectivity index is 1.68. The number of rotatable bonds is 6. The first-order valence-corrected chi connectivity index (χ1v) is 8.00. The predicted octanol–water partition coefficient (Wildman–Crippen LogP) is 2.55. The molecule has 1 amide bonds. The van der Waals surface area contributed by atoms with Gasteiger partial charge in [0.1, 0.15) is 12.3 Å². The minimum Gasteiger partial charge on any atom is -0.497 e. The van der Waals surface area contributed by atoms with Crippen molar-refractivity contribution in [1.29, 1.82) is 0 Å². The number of nitrogens with zero attached hydrogens (tertiary/aromatic N) is 5. The third kappa shape index (κ3) is 4.36. The zero-order chi connectivity index (χ0) is 19.4. The molecule has 0 bridgehead atoms. The lowest BCUT2D eigenvalue weighted by Gasteiger charge is -2.06. The molecule has 0 fully saturated rings. The van der Waals surface area contributed by atoms with Crippen molar-refractivity contribution in [3.63, 3.8) is 0 Å². The number of carbonyl (C=O) groups is 1. The molecule has 10 nitrogen and oxygen atoms in total. The molecule has 3 aromatic rings. The van der Waals surface area contributed by atoms with E-state index in [4.69, 9.17) is 16.3 Å². The number of nitrogens with one attached hydrogen (secondary N) is 1. The number of tetrazole rings is 1. The number of nitro groups is 1. The summed E-state index contributed by atoms with van der Waals surface area (Å²) in [7, 11) is 1.55. The number of amides is 1. The largest absolute Gasteiger partial charge is 0.497 e. The number of carbonyl (C=O) groups excluding carboxylic acids is 1. The van der Waals surface area contributed by atoms with E-state index < -0.39 is 10.8 Å². The van der Waals surface area contributed by atoms with Gasteiger partial charge < -0.3 is 10.1 Å². The van der Waals surface area contributed by atoms with Gasteiger partial charge in [-0.25, -0.2) is 0 Å². The average molecular weight is 389 g/mol. The standard InChI is InChI=1S/C16H13ClN6O4/c1-27-12-4-2-3-10(7-12)16-19-21-22(20-16)9-15(24)18-14-6-5-11(23(25)26)8-13(14)17/h2-8H,9H2,1H3,(H,18,24). The molecule has 11 heteroatoms.